The van der Waals surface area contributed by atoms with Crippen molar-refractivity contribution in [1.29, 1.82) is 0 Å². The lowest BCUT2D eigenvalue weighted by Crippen LogP contribution is -2.47. The summed E-state index contributed by atoms with van der Waals surface area (Å²) < 4.78 is 31.5. The summed E-state index contributed by atoms with van der Waals surface area (Å²) in [5.74, 6) is 4.10. The van der Waals surface area contributed by atoms with Crippen molar-refractivity contribution in [2.24, 2.45) is 17.4 Å². The molecule has 2 aromatic rings. The number of quaternary nitrogens is 1. The molecule has 2 aromatic heterocycles. The summed E-state index contributed by atoms with van der Waals surface area (Å²) in [6, 6.07) is -1.51. The summed E-state index contributed by atoms with van der Waals surface area (Å²) in [6.07, 6.45) is 1.73. The van der Waals surface area contributed by atoms with Crippen molar-refractivity contribution in [1.82, 2.24) is 24.2 Å². The fourth-order valence-electron chi connectivity index (χ4n) is 4.50. The number of aryl methyl sites for hydroxylation is 1. The van der Waals surface area contributed by atoms with Crippen molar-refractivity contribution >= 4 is 22.8 Å². The van der Waals surface area contributed by atoms with E-state index in [0.29, 0.717) is 23.9 Å². The molecule has 0 spiro atoms. The van der Waals surface area contributed by atoms with Crippen LogP contribution in [0.3, 0.4) is 0 Å². The topological polar surface area (TPSA) is 164 Å². The first-order chi connectivity index (χ1) is 14.5. The zero-order chi connectivity index (χ0) is 22.7. The van der Waals surface area contributed by atoms with Gasteiger partial charge in [0, 0.05) is 41.0 Å². The van der Waals surface area contributed by atoms with Crippen molar-refractivity contribution in [2.75, 3.05) is 25.5 Å². The quantitative estimate of drug-likeness (QED) is 0.272. The summed E-state index contributed by atoms with van der Waals surface area (Å²) in [6.45, 7) is 1.33. The molecule has 0 radical (unpaired) electrons. The Labute approximate surface area is 174 Å². The third kappa shape index (κ3) is 3.43. The molecule has 1 aliphatic heterocycles. The standard InChI is InChI=1S/C18H24F2N8O3/c1-8-13-12(16(29)27(23)18(31)26(13)10-2-3-10)25-15(19)14(8)28(20)5-4-9(7-28)11(21)6-24-17(22)30/h9-11H,2-7,21,23H2,1H3,(H2-,22,24,30)/p+1. The van der Waals surface area contributed by atoms with Gasteiger partial charge in [0.05, 0.1) is 5.52 Å². The fourth-order valence-corrected chi connectivity index (χ4v) is 4.50. The number of amides is 2. The largest absolute Gasteiger partial charge is 0.352 e. The Morgan fingerprint density at radius 3 is 2.65 bits per heavy atom. The molecule has 1 saturated heterocycles. The number of urea groups is 1. The molecule has 0 aromatic carbocycles. The van der Waals surface area contributed by atoms with Gasteiger partial charge in [-0.3, -0.25) is 9.36 Å². The molecule has 2 fully saturated rings. The molecule has 13 heteroatoms. The number of nitrogens with zero attached hydrogens (tertiary/aromatic N) is 4. The minimum atomic E-state index is -1.28. The van der Waals surface area contributed by atoms with Crippen LogP contribution in [0.2, 0.25) is 0 Å². The van der Waals surface area contributed by atoms with Crippen molar-refractivity contribution in [3.63, 3.8) is 0 Å². The minimum absolute atomic E-state index is 0.0642. The van der Waals surface area contributed by atoms with E-state index in [4.69, 9.17) is 17.3 Å². The second kappa shape index (κ2) is 7.27. The number of hydrogen-bond donors (Lipinski definition) is 4. The van der Waals surface area contributed by atoms with Gasteiger partial charge in [0.2, 0.25) is 5.69 Å². The highest BCUT2D eigenvalue weighted by molar-refractivity contribution is 5.82. The van der Waals surface area contributed by atoms with Crippen molar-refractivity contribution in [2.45, 2.75) is 38.3 Å². The van der Waals surface area contributed by atoms with Crippen molar-refractivity contribution in [3.8, 4) is 0 Å². The molecule has 4 rings (SSSR count). The number of nitrogen functional groups attached to an aromatic ring is 1. The van der Waals surface area contributed by atoms with Crippen molar-refractivity contribution in [3.05, 3.63) is 32.3 Å². The molecular weight excluding hydrogens is 414 g/mol. The van der Waals surface area contributed by atoms with Crippen molar-refractivity contribution < 1.29 is 13.7 Å². The third-order valence-corrected chi connectivity index (χ3v) is 6.22. The number of carbonyl (C=O) groups excluding carboxylic acids is 1. The maximum absolute atomic E-state index is 16.0. The predicted octanol–water partition coefficient (Wildman–Crippen LogP) is -0.738. The number of nitrogens with one attached hydrogen (secondary N) is 1. The maximum atomic E-state index is 16.0. The van der Waals surface area contributed by atoms with Crippen LogP contribution in [0.15, 0.2) is 9.59 Å². The Bertz CT molecular complexity index is 1190. The Morgan fingerprint density at radius 2 is 2.03 bits per heavy atom. The van der Waals surface area contributed by atoms with Crippen LogP contribution in [-0.4, -0.2) is 45.9 Å². The third-order valence-electron chi connectivity index (χ3n) is 6.22. The number of hydrogen-bond acceptors (Lipinski definition) is 6. The summed E-state index contributed by atoms with van der Waals surface area (Å²) in [4.78, 5) is 39.7. The number of pyridine rings is 1. The maximum Gasteiger partial charge on any atom is 0.350 e. The Morgan fingerprint density at radius 1 is 1.35 bits per heavy atom. The van der Waals surface area contributed by atoms with Gasteiger partial charge in [-0.05, 0) is 19.8 Å². The van der Waals surface area contributed by atoms with Crippen LogP contribution in [0, 0.1) is 18.8 Å². The molecule has 2 aliphatic rings. The van der Waals surface area contributed by atoms with Crippen LogP contribution < -0.4 is 38.6 Å². The first kappa shape index (κ1) is 21.2. The molecule has 7 N–H and O–H groups in total. The summed E-state index contributed by atoms with van der Waals surface area (Å²) >= 11 is 0. The second-order valence-corrected chi connectivity index (χ2v) is 8.36. The van der Waals surface area contributed by atoms with Crippen LogP contribution in [0.1, 0.15) is 30.9 Å². The number of primary amides is 1. The van der Waals surface area contributed by atoms with E-state index in [2.05, 4.69) is 10.3 Å². The Kier molecular flexibility index (Phi) is 4.97. The van der Waals surface area contributed by atoms with Crippen LogP contribution in [-0.2, 0) is 0 Å². The molecule has 3 heterocycles. The van der Waals surface area contributed by atoms with E-state index in [1.165, 1.54) is 11.5 Å². The van der Waals surface area contributed by atoms with Crippen LogP contribution in [0.25, 0.3) is 11.0 Å². The molecule has 11 nitrogen and oxygen atoms in total. The van der Waals surface area contributed by atoms with Gasteiger partial charge in [-0.25, -0.2) is 14.6 Å². The number of rotatable bonds is 5. The first-order valence-corrected chi connectivity index (χ1v) is 10.0. The molecule has 2 amide bonds. The molecule has 3 atom stereocenters. The number of halogens is 2. The number of fused-ring (bicyclic) bond motifs is 1. The molecule has 1 aliphatic carbocycles. The minimum Gasteiger partial charge on any atom is -0.352 e. The average molecular weight is 439 g/mol. The van der Waals surface area contributed by atoms with E-state index < -0.39 is 34.0 Å². The highest BCUT2D eigenvalue weighted by Crippen LogP contribution is 2.41. The molecule has 0 bridgehead atoms. The molecular formula is C18H25F2N8O3+. The highest BCUT2D eigenvalue weighted by atomic mass is 19.2. The van der Waals surface area contributed by atoms with Gasteiger partial charge in [0.15, 0.2) is 5.52 Å². The van der Waals surface area contributed by atoms with Gasteiger partial charge in [-0.1, -0.05) is 4.71 Å². The smallest absolute Gasteiger partial charge is 0.350 e. The zero-order valence-electron chi connectivity index (χ0n) is 17.0. The van der Waals surface area contributed by atoms with Gasteiger partial charge >= 0.3 is 17.3 Å². The predicted molar refractivity (Wildman–Crippen MR) is 110 cm³/mol. The molecule has 3 unspecified atom stereocenters. The highest BCUT2D eigenvalue weighted by Gasteiger charge is 2.48. The van der Waals surface area contributed by atoms with Crippen LogP contribution in [0.4, 0.5) is 19.4 Å². The Hall–Kier alpha value is -3.06. The number of nitrogens with two attached hydrogens (primary N) is 3. The summed E-state index contributed by atoms with van der Waals surface area (Å²) in [5, 5.41) is 2.39. The second-order valence-electron chi connectivity index (χ2n) is 8.36. The lowest BCUT2D eigenvalue weighted by Gasteiger charge is -2.25. The first-order valence-electron chi connectivity index (χ1n) is 10.0. The molecule has 1 saturated carbocycles. The van der Waals surface area contributed by atoms with Crippen LogP contribution >= 0.6 is 0 Å². The van der Waals surface area contributed by atoms with Crippen LogP contribution in [0.5, 0.6) is 0 Å². The van der Waals surface area contributed by atoms with E-state index in [9.17, 15) is 14.4 Å². The van der Waals surface area contributed by atoms with Gasteiger partial charge in [0.1, 0.15) is 13.1 Å². The monoisotopic (exact) mass is 439 g/mol. The van der Waals surface area contributed by atoms with E-state index in [-0.39, 0.29) is 53.9 Å². The van der Waals surface area contributed by atoms with E-state index in [0.717, 1.165) is 0 Å². The van der Waals surface area contributed by atoms with Gasteiger partial charge in [-0.2, -0.15) is 9.07 Å². The lowest BCUT2D eigenvalue weighted by atomic mass is 10.00. The van der Waals surface area contributed by atoms with Gasteiger partial charge in [-0.15, -0.1) is 0 Å². The van der Waals surface area contributed by atoms with Gasteiger partial charge in [0.25, 0.3) is 5.95 Å². The molecule has 31 heavy (non-hydrogen) atoms. The van der Waals surface area contributed by atoms with E-state index in [1.807, 2.05) is 0 Å². The normalized spacial score (nSPS) is 24.5. The molecule has 168 valence electrons. The zero-order valence-corrected chi connectivity index (χ0v) is 17.0. The summed E-state index contributed by atoms with van der Waals surface area (Å²) in [7, 11) is 0. The average Bonchev–Trinajstić information content (AvgIpc) is 3.46. The summed E-state index contributed by atoms with van der Waals surface area (Å²) in [5.41, 5.74) is 9.04. The number of carbonyl (C=O) groups is 1. The van der Waals surface area contributed by atoms with Gasteiger partial charge < -0.3 is 22.6 Å². The Balaban J connectivity index is 1.81. The number of aromatic nitrogens is 3. The fraction of sp³-hybridized carbons (Fsp3) is 0.556. The SMILES string of the molecule is Cc1c([N+]2(F)CCC(C(N)CNC(N)=O)C2)c(F)nc2c(=O)n(N)c(=O)n(C3CC3)c12. The lowest BCUT2D eigenvalue weighted by molar-refractivity contribution is 0.0527. The van der Waals surface area contributed by atoms with E-state index in [1.54, 1.807) is 0 Å². The van der Waals surface area contributed by atoms with E-state index >= 15 is 8.87 Å².